The first kappa shape index (κ1) is 29.3. The first-order valence-corrected chi connectivity index (χ1v) is 15.8. The second-order valence-corrected chi connectivity index (χ2v) is 13.5. The van der Waals surface area contributed by atoms with Gasteiger partial charge in [0.25, 0.3) is 0 Å². The van der Waals surface area contributed by atoms with Crippen molar-refractivity contribution in [2.24, 2.45) is 5.92 Å². The Morgan fingerprint density at radius 2 is 1.63 bits per heavy atom. The summed E-state index contributed by atoms with van der Waals surface area (Å²) >= 11 is 0. The van der Waals surface area contributed by atoms with E-state index in [1.165, 1.54) is 48.1 Å². The maximum absolute atomic E-state index is 11.6. The molecule has 0 fully saturated rings. The molecule has 1 unspecified atom stereocenters. The fourth-order valence-electron chi connectivity index (χ4n) is 7.05. The number of nitrogens with zero attached hydrogens (tertiary/aromatic N) is 1. The van der Waals surface area contributed by atoms with E-state index in [9.17, 15) is 5.11 Å². The molecule has 3 aromatic carbocycles. The number of hydrogen-bond donors (Lipinski definition) is 1. The molecular weight excluding hydrogens is 502 g/mol. The lowest BCUT2D eigenvalue weighted by atomic mass is 9.66. The fourth-order valence-corrected chi connectivity index (χ4v) is 7.05. The molecule has 1 N–H and O–H groups in total. The smallest absolute Gasteiger partial charge is 0.127 e. The van der Waals surface area contributed by atoms with Crippen molar-refractivity contribution < 1.29 is 9.84 Å². The third-order valence-electron chi connectivity index (χ3n) is 9.55. The number of aromatic hydroxyl groups is 1. The van der Waals surface area contributed by atoms with Crippen LogP contribution in [0, 0.1) is 5.92 Å². The first-order valence-electron chi connectivity index (χ1n) is 15.8. The van der Waals surface area contributed by atoms with Crippen LogP contribution in [0.15, 0.2) is 84.4 Å². The Kier molecular flexibility index (Phi) is 8.82. The van der Waals surface area contributed by atoms with Gasteiger partial charge >= 0.3 is 0 Å². The summed E-state index contributed by atoms with van der Waals surface area (Å²) in [5.74, 6) is 1.87. The third-order valence-corrected chi connectivity index (χ3v) is 9.55. The lowest BCUT2D eigenvalue weighted by Crippen LogP contribution is -2.46. The normalized spacial score (nSPS) is 19.5. The monoisotopic (exact) mass is 551 g/mol. The van der Waals surface area contributed by atoms with Crippen molar-refractivity contribution in [2.45, 2.75) is 103 Å². The summed E-state index contributed by atoms with van der Waals surface area (Å²) in [7, 11) is 0. The molecule has 3 heteroatoms. The zero-order chi connectivity index (χ0) is 29.0. The van der Waals surface area contributed by atoms with Gasteiger partial charge in [0.05, 0.1) is 0 Å². The highest BCUT2D eigenvalue weighted by atomic mass is 16.5. The van der Waals surface area contributed by atoms with E-state index in [0.717, 1.165) is 43.7 Å². The second kappa shape index (κ2) is 12.3. The number of para-hydroxylation sites is 1. The first-order chi connectivity index (χ1) is 19.7. The van der Waals surface area contributed by atoms with Crippen LogP contribution in [0.5, 0.6) is 11.5 Å². The lowest BCUT2D eigenvalue weighted by molar-refractivity contribution is 0.00730. The molecule has 0 spiro atoms. The van der Waals surface area contributed by atoms with Gasteiger partial charge in [0.1, 0.15) is 17.1 Å². The Hall–Kier alpha value is -3.20. The number of fused-ring (bicyclic) bond motifs is 3. The van der Waals surface area contributed by atoms with Crippen LogP contribution in [0.1, 0.15) is 102 Å². The van der Waals surface area contributed by atoms with Crippen molar-refractivity contribution in [1.82, 2.24) is 0 Å². The van der Waals surface area contributed by atoms with Crippen LogP contribution in [-0.2, 0) is 12.0 Å². The average molecular weight is 552 g/mol. The summed E-state index contributed by atoms with van der Waals surface area (Å²) in [6, 6.07) is 25.8. The lowest BCUT2D eigenvalue weighted by Gasteiger charge is -2.48. The third kappa shape index (κ3) is 6.66. The van der Waals surface area contributed by atoms with Gasteiger partial charge in [0.2, 0.25) is 0 Å². The molecule has 0 saturated heterocycles. The molecule has 1 aliphatic heterocycles. The zero-order valence-corrected chi connectivity index (χ0v) is 25.8. The number of rotatable bonds is 11. The molecule has 0 bridgehead atoms. The highest BCUT2D eigenvalue weighted by molar-refractivity contribution is 5.55. The van der Waals surface area contributed by atoms with E-state index in [0.29, 0.717) is 11.7 Å². The Bertz CT molecular complexity index is 1330. The predicted molar refractivity (Wildman–Crippen MR) is 172 cm³/mol. The van der Waals surface area contributed by atoms with Crippen molar-refractivity contribution >= 4 is 5.69 Å². The topological polar surface area (TPSA) is 32.7 Å². The zero-order valence-electron chi connectivity index (χ0n) is 25.8. The molecule has 0 amide bonds. The molecule has 0 saturated carbocycles. The van der Waals surface area contributed by atoms with Gasteiger partial charge in [-0.2, -0.15) is 0 Å². The van der Waals surface area contributed by atoms with E-state index in [1.54, 1.807) is 0 Å². The van der Waals surface area contributed by atoms with Crippen molar-refractivity contribution in [3.8, 4) is 11.5 Å². The van der Waals surface area contributed by atoms with Crippen molar-refractivity contribution in [3.63, 3.8) is 0 Å². The minimum Gasteiger partial charge on any atom is -0.508 e. The standard InChI is InChI=1S/C38H49NO2/c1-6-7-8-15-22-37(2,3)30-24-34(40)36-32-23-29(20-21-33(32)38(4,5)41-35(36)25-30)27-39(31-18-13-10-14-19-31)26-28-16-11-9-12-17-28/h9-14,16-20,24-25,32-33,40H,6-8,15,21-23,26-27H2,1-5H3/t32?,33-/m0/s1. The van der Waals surface area contributed by atoms with Gasteiger partial charge in [0, 0.05) is 36.2 Å². The van der Waals surface area contributed by atoms with Crippen molar-refractivity contribution in [3.05, 3.63) is 101 Å². The van der Waals surface area contributed by atoms with Gasteiger partial charge in [-0.1, -0.05) is 107 Å². The number of phenolic OH excluding ortho intramolecular Hbond substituents is 1. The summed E-state index contributed by atoms with van der Waals surface area (Å²) in [5.41, 5.74) is 5.89. The maximum Gasteiger partial charge on any atom is 0.127 e. The predicted octanol–water partition coefficient (Wildman–Crippen LogP) is 9.94. The van der Waals surface area contributed by atoms with Gasteiger partial charge in [-0.25, -0.2) is 0 Å². The van der Waals surface area contributed by atoms with Crippen LogP contribution in [-0.4, -0.2) is 17.3 Å². The van der Waals surface area contributed by atoms with E-state index in [4.69, 9.17) is 4.74 Å². The van der Waals surface area contributed by atoms with E-state index in [-0.39, 0.29) is 16.9 Å². The SMILES string of the molecule is CCCCCCC(C)(C)c1cc(O)c2c(c1)OC(C)(C)[C@H]1CC=C(CN(Cc3ccccc3)c3ccccc3)CC21. The molecule has 1 aliphatic carbocycles. The summed E-state index contributed by atoms with van der Waals surface area (Å²) in [6.07, 6.45) is 10.5. The Labute approximate surface area is 248 Å². The second-order valence-electron chi connectivity index (χ2n) is 13.5. The minimum absolute atomic E-state index is 0.00411. The van der Waals surface area contributed by atoms with Crippen LogP contribution >= 0.6 is 0 Å². The highest BCUT2D eigenvalue weighted by Gasteiger charge is 2.46. The Morgan fingerprint density at radius 3 is 2.34 bits per heavy atom. The van der Waals surface area contributed by atoms with Crippen LogP contribution < -0.4 is 9.64 Å². The molecule has 0 radical (unpaired) electrons. The van der Waals surface area contributed by atoms with Crippen molar-refractivity contribution in [2.75, 3.05) is 11.4 Å². The molecular formula is C38H49NO2. The van der Waals surface area contributed by atoms with Crippen LogP contribution in [0.4, 0.5) is 5.69 Å². The minimum atomic E-state index is -0.292. The quantitative estimate of drug-likeness (QED) is 0.190. The van der Waals surface area contributed by atoms with E-state index in [2.05, 4.69) is 112 Å². The van der Waals surface area contributed by atoms with Gasteiger partial charge in [0.15, 0.2) is 0 Å². The molecule has 218 valence electrons. The molecule has 3 nitrogen and oxygen atoms in total. The fraction of sp³-hybridized carbons (Fsp3) is 0.474. The number of benzene rings is 3. The van der Waals surface area contributed by atoms with E-state index >= 15 is 0 Å². The van der Waals surface area contributed by atoms with Crippen LogP contribution in [0.25, 0.3) is 0 Å². The molecule has 5 rings (SSSR count). The summed E-state index contributed by atoms with van der Waals surface area (Å²) < 4.78 is 6.71. The largest absolute Gasteiger partial charge is 0.508 e. The maximum atomic E-state index is 11.6. The van der Waals surface area contributed by atoms with E-state index in [1.807, 2.05) is 6.07 Å². The van der Waals surface area contributed by atoms with Crippen molar-refractivity contribution in [1.29, 1.82) is 0 Å². The summed E-state index contributed by atoms with van der Waals surface area (Å²) in [5, 5.41) is 11.6. The van der Waals surface area contributed by atoms with Gasteiger partial charge in [-0.15, -0.1) is 0 Å². The number of anilines is 1. The van der Waals surface area contributed by atoms with Gasteiger partial charge in [-0.3, -0.25) is 0 Å². The van der Waals surface area contributed by atoms with E-state index < -0.39 is 0 Å². The van der Waals surface area contributed by atoms with Gasteiger partial charge < -0.3 is 14.7 Å². The molecule has 41 heavy (non-hydrogen) atoms. The number of unbranched alkanes of at least 4 members (excludes halogenated alkanes) is 3. The van der Waals surface area contributed by atoms with Gasteiger partial charge in [-0.05, 0) is 73.9 Å². The molecule has 0 aromatic heterocycles. The van der Waals surface area contributed by atoms with Crippen LogP contribution in [0.3, 0.4) is 0 Å². The van der Waals surface area contributed by atoms with Crippen LogP contribution in [0.2, 0.25) is 0 Å². The molecule has 2 aliphatic rings. The molecule has 2 atom stereocenters. The highest BCUT2D eigenvalue weighted by Crippen LogP contribution is 2.55. The molecule has 1 heterocycles. The summed E-state index contributed by atoms with van der Waals surface area (Å²) in [6.45, 7) is 13.1. The Morgan fingerprint density at radius 1 is 0.927 bits per heavy atom. The number of phenols is 1. The number of hydrogen-bond acceptors (Lipinski definition) is 3. The Balaban J connectivity index is 1.41. The average Bonchev–Trinajstić information content (AvgIpc) is 2.95. The number of allylic oxidation sites excluding steroid dienone is 1. The summed E-state index contributed by atoms with van der Waals surface area (Å²) in [4.78, 5) is 2.48. The number of ether oxygens (including phenoxy) is 1. The molecule has 3 aromatic rings.